The largest absolute Gasteiger partial charge is 0.454 e. The van der Waals surface area contributed by atoms with Gasteiger partial charge >= 0.3 is 12.0 Å². The third-order valence-corrected chi connectivity index (χ3v) is 4.44. The van der Waals surface area contributed by atoms with Crippen molar-refractivity contribution >= 4 is 29.4 Å². The van der Waals surface area contributed by atoms with E-state index in [4.69, 9.17) is 4.74 Å². The molecule has 2 aromatic carbocycles. The number of anilines is 1. The SMILES string of the molecule is CC(=O)NCCCc1ccc(C(=O)COC(=O)c2ccccc2NC(=O)NC(C)C)cc1. The minimum atomic E-state index is -0.701. The van der Waals surface area contributed by atoms with Crippen molar-refractivity contribution in [2.75, 3.05) is 18.5 Å². The van der Waals surface area contributed by atoms with Gasteiger partial charge < -0.3 is 20.7 Å². The summed E-state index contributed by atoms with van der Waals surface area (Å²) in [7, 11) is 0. The summed E-state index contributed by atoms with van der Waals surface area (Å²) in [5, 5.41) is 8.04. The van der Waals surface area contributed by atoms with Gasteiger partial charge in [-0.1, -0.05) is 36.4 Å². The molecule has 2 aromatic rings. The highest BCUT2D eigenvalue weighted by atomic mass is 16.5. The number of nitrogens with one attached hydrogen (secondary N) is 3. The number of esters is 1. The lowest BCUT2D eigenvalue weighted by molar-refractivity contribution is -0.118. The van der Waals surface area contributed by atoms with E-state index in [1.54, 1.807) is 30.3 Å². The Labute approximate surface area is 187 Å². The summed E-state index contributed by atoms with van der Waals surface area (Å²) in [6.45, 7) is 5.31. The van der Waals surface area contributed by atoms with E-state index in [0.29, 0.717) is 17.8 Å². The van der Waals surface area contributed by atoms with Gasteiger partial charge in [-0.05, 0) is 44.4 Å². The molecule has 0 fully saturated rings. The standard InChI is InChI=1S/C24H29N3O5/c1-16(2)26-24(31)27-21-9-5-4-8-20(21)23(30)32-15-22(29)19-12-10-18(11-13-19)7-6-14-25-17(3)28/h4-5,8-13,16H,6-7,14-15H2,1-3H3,(H,25,28)(H2,26,27,31). The maximum Gasteiger partial charge on any atom is 0.340 e. The molecule has 0 spiro atoms. The molecule has 0 aliphatic heterocycles. The average molecular weight is 440 g/mol. The zero-order valence-electron chi connectivity index (χ0n) is 18.6. The Morgan fingerprint density at radius 2 is 1.66 bits per heavy atom. The van der Waals surface area contributed by atoms with Crippen molar-refractivity contribution in [1.29, 1.82) is 0 Å². The van der Waals surface area contributed by atoms with E-state index < -0.39 is 18.6 Å². The first-order valence-electron chi connectivity index (χ1n) is 10.5. The van der Waals surface area contributed by atoms with Crippen LogP contribution in [0.4, 0.5) is 10.5 Å². The second kappa shape index (κ2) is 12.2. The third kappa shape index (κ3) is 8.22. The maximum absolute atomic E-state index is 12.5. The Hall–Kier alpha value is -3.68. The summed E-state index contributed by atoms with van der Waals surface area (Å²) >= 11 is 0. The Bertz CT molecular complexity index is 954. The maximum atomic E-state index is 12.5. The molecule has 0 heterocycles. The van der Waals surface area contributed by atoms with E-state index in [1.165, 1.54) is 13.0 Å². The van der Waals surface area contributed by atoms with Gasteiger partial charge in [-0.3, -0.25) is 9.59 Å². The summed E-state index contributed by atoms with van der Waals surface area (Å²) < 4.78 is 5.18. The zero-order chi connectivity index (χ0) is 23.5. The number of amides is 3. The zero-order valence-corrected chi connectivity index (χ0v) is 18.6. The van der Waals surface area contributed by atoms with Crippen molar-refractivity contribution in [3.8, 4) is 0 Å². The number of hydrogen-bond acceptors (Lipinski definition) is 5. The number of carbonyl (C=O) groups is 4. The molecule has 170 valence electrons. The molecule has 3 N–H and O–H groups in total. The number of para-hydroxylation sites is 1. The number of rotatable bonds is 10. The normalized spacial score (nSPS) is 10.4. The van der Waals surface area contributed by atoms with E-state index >= 15 is 0 Å². The van der Waals surface area contributed by atoms with Gasteiger partial charge in [0.1, 0.15) is 0 Å². The lowest BCUT2D eigenvalue weighted by Gasteiger charge is -2.13. The van der Waals surface area contributed by atoms with Crippen molar-refractivity contribution in [2.45, 2.75) is 39.7 Å². The van der Waals surface area contributed by atoms with Crippen LogP contribution in [0.15, 0.2) is 48.5 Å². The first-order chi connectivity index (χ1) is 15.3. The van der Waals surface area contributed by atoms with Gasteiger partial charge in [0.15, 0.2) is 12.4 Å². The van der Waals surface area contributed by atoms with E-state index in [1.807, 2.05) is 26.0 Å². The Morgan fingerprint density at radius 3 is 2.31 bits per heavy atom. The van der Waals surface area contributed by atoms with Crippen LogP contribution in [0.5, 0.6) is 0 Å². The van der Waals surface area contributed by atoms with Gasteiger partial charge in [0.25, 0.3) is 0 Å². The van der Waals surface area contributed by atoms with Crippen LogP contribution in [0.3, 0.4) is 0 Å². The van der Waals surface area contributed by atoms with Crippen molar-refractivity contribution in [3.63, 3.8) is 0 Å². The number of benzene rings is 2. The van der Waals surface area contributed by atoms with E-state index in [0.717, 1.165) is 18.4 Å². The predicted octanol–water partition coefficient (Wildman–Crippen LogP) is 3.32. The number of Topliss-reactive ketones (excluding diaryl/α,β-unsaturated/α-hetero) is 1. The molecule has 0 aliphatic rings. The Kier molecular flexibility index (Phi) is 9.41. The lowest BCUT2D eigenvalue weighted by atomic mass is 10.1. The minimum Gasteiger partial charge on any atom is -0.454 e. The smallest absolute Gasteiger partial charge is 0.340 e. The second-order valence-corrected chi connectivity index (χ2v) is 7.58. The molecule has 0 unspecified atom stereocenters. The molecule has 0 aliphatic carbocycles. The van der Waals surface area contributed by atoms with Gasteiger partial charge in [0.05, 0.1) is 11.3 Å². The monoisotopic (exact) mass is 439 g/mol. The number of carbonyl (C=O) groups excluding carboxylic acids is 4. The predicted molar refractivity (Wildman–Crippen MR) is 122 cm³/mol. The molecule has 2 rings (SSSR count). The van der Waals surface area contributed by atoms with Crippen LogP contribution < -0.4 is 16.0 Å². The summed E-state index contributed by atoms with van der Waals surface area (Å²) in [6.07, 6.45) is 1.57. The molecule has 0 aromatic heterocycles. The summed E-state index contributed by atoms with van der Waals surface area (Å²) in [4.78, 5) is 47.7. The fourth-order valence-electron chi connectivity index (χ4n) is 2.90. The third-order valence-electron chi connectivity index (χ3n) is 4.44. The van der Waals surface area contributed by atoms with Crippen LogP contribution in [0.25, 0.3) is 0 Å². The molecule has 0 atom stereocenters. The van der Waals surface area contributed by atoms with Crippen molar-refractivity contribution < 1.29 is 23.9 Å². The van der Waals surface area contributed by atoms with Crippen molar-refractivity contribution in [1.82, 2.24) is 10.6 Å². The number of urea groups is 1. The molecule has 0 saturated carbocycles. The highest BCUT2D eigenvalue weighted by Gasteiger charge is 2.16. The second-order valence-electron chi connectivity index (χ2n) is 7.58. The van der Waals surface area contributed by atoms with Gasteiger partial charge in [-0.25, -0.2) is 9.59 Å². The van der Waals surface area contributed by atoms with E-state index in [2.05, 4.69) is 16.0 Å². The number of aryl methyl sites for hydroxylation is 1. The van der Waals surface area contributed by atoms with E-state index in [9.17, 15) is 19.2 Å². The van der Waals surface area contributed by atoms with Gasteiger partial charge in [-0.15, -0.1) is 0 Å². The van der Waals surface area contributed by atoms with Crippen LogP contribution in [0.2, 0.25) is 0 Å². The van der Waals surface area contributed by atoms with Crippen molar-refractivity contribution in [3.05, 3.63) is 65.2 Å². The van der Waals surface area contributed by atoms with E-state index in [-0.39, 0.29) is 23.3 Å². The van der Waals surface area contributed by atoms with Crippen LogP contribution in [-0.2, 0) is 16.0 Å². The summed E-state index contributed by atoms with van der Waals surface area (Å²) in [5.74, 6) is -1.09. The minimum absolute atomic E-state index is 0.0577. The quantitative estimate of drug-likeness (QED) is 0.299. The molecular formula is C24H29N3O5. The number of ether oxygens (including phenoxy) is 1. The van der Waals surface area contributed by atoms with Gasteiger partial charge in [-0.2, -0.15) is 0 Å². The molecule has 0 radical (unpaired) electrons. The average Bonchev–Trinajstić information content (AvgIpc) is 2.75. The summed E-state index contributed by atoms with van der Waals surface area (Å²) in [6, 6.07) is 13.0. The molecule has 0 bridgehead atoms. The lowest BCUT2D eigenvalue weighted by Crippen LogP contribution is -2.34. The fourth-order valence-corrected chi connectivity index (χ4v) is 2.90. The van der Waals surface area contributed by atoms with Gasteiger partial charge in [0, 0.05) is 25.1 Å². The molecule has 32 heavy (non-hydrogen) atoms. The Morgan fingerprint density at radius 1 is 0.969 bits per heavy atom. The topological polar surface area (TPSA) is 114 Å². The van der Waals surface area contributed by atoms with Crippen LogP contribution in [-0.4, -0.2) is 42.9 Å². The Balaban J connectivity index is 1.89. The number of ketones is 1. The molecule has 3 amide bonds. The molecule has 8 nitrogen and oxygen atoms in total. The first-order valence-corrected chi connectivity index (χ1v) is 10.5. The highest BCUT2D eigenvalue weighted by Crippen LogP contribution is 2.16. The molecular weight excluding hydrogens is 410 g/mol. The van der Waals surface area contributed by atoms with Gasteiger partial charge in [0.2, 0.25) is 5.91 Å². The van der Waals surface area contributed by atoms with Crippen molar-refractivity contribution in [2.24, 2.45) is 0 Å². The first kappa shape index (κ1) is 24.6. The highest BCUT2D eigenvalue weighted by molar-refractivity contribution is 6.03. The van der Waals surface area contributed by atoms with Crippen LogP contribution in [0.1, 0.15) is 53.5 Å². The number of hydrogen-bond donors (Lipinski definition) is 3. The van der Waals surface area contributed by atoms with Crippen LogP contribution >= 0.6 is 0 Å². The van der Waals surface area contributed by atoms with Crippen LogP contribution in [0, 0.1) is 0 Å². The summed E-state index contributed by atoms with van der Waals surface area (Å²) in [5.41, 5.74) is 1.94. The molecule has 8 heteroatoms. The molecule has 0 saturated heterocycles. The fraction of sp³-hybridized carbons (Fsp3) is 0.333.